The molecule has 134 valence electrons. The molecule has 0 bridgehead atoms. The smallest absolute Gasteiger partial charge is 0.238 e. The maximum absolute atomic E-state index is 11.5. The molecule has 5 nitrogen and oxygen atoms in total. The van der Waals surface area contributed by atoms with Gasteiger partial charge in [0.1, 0.15) is 5.65 Å². The average molecular weight is 366 g/mol. The molecule has 2 heterocycles. The second-order valence-corrected chi connectivity index (χ2v) is 6.74. The van der Waals surface area contributed by atoms with Gasteiger partial charge in [-0.3, -0.25) is 4.79 Å². The number of para-hydroxylation sites is 1. The van der Waals surface area contributed by atoms with Gasteiger partial charge in [0.2, 0.25) is 5.91 Å². The molecule has 0 fully saturated rings. The van der Waals surface area contributed by atoms with Crippen molar-refractivity contribution in [2.24, 2.45) is 5.73 Å². The Morgan fingerprint density at radius 2 is 1.88 bits per heavy atom. The van der Waals surface area contributed by atoms with Crippen LogP contribution in [-0.2, 0) is 17.6 Å². The zero-order chi connectivity index (χ0) is 18.4. The number of fused-ring (bicyclic) bond motifs is 1. The summed E-state index contributed by atoms with van der Waals surface area (Å²) in [6.45, 7) is -0.0215. The van der Waals surface area contributed by atoms with Gasteiger partial charge < -0.3 is 16.0 Å². The number of nitrogens with two attached hydrogens (primary N) is 1. The van der Waals surface area contributed by atoms with Crippen molar-refractivity contribution in [1.29, 1.82) is 0 Å². The number of hydrogen-bond acceptors (Lipinski definition) is 4. The fourth-order valence-corrected chi connectivity index (χ4v) is 3.17. The summed E-state index contributed by atoms with van der Waals surface area (Å²) in [4.78, 5) is 20.0. The Labute approximate surface area is 158 Å². The van der Waals surface area contributed by atoms with Crippen molar-refractivity contribution in [3.63, 3.8) is 0 Å². The number of nitrogens with zero attached hydrogens (tertiary/aromatic N) is 1. The molecule has 0 saturated heterocycles. The van der Waals surface area contributed by atoms with Gasteiger partial charge in [0.05, 0.1) is 6.54 Å². The van der Waals surface area contributed by atoms with E-state index >= 15 is 0 Å². The van der Waals surface area contributed by atoms with Crippen molar-refractivity contribution in [3.05, 3.63) is 59.9 Å². The Kier molecular flexibility index (Phi) is 6.09. The van der Waals surface area contributed by atoms with E-state index in [1.165, 1.54) is 5.56 Å². The van der Waals surface area contributed by atoms with Gasteiger partial charge in [0.25, 0.3) is 0 Å². The van der Waals surface area contributed by atoms with E-state index in [2.05, 4.69) is 27.4 Å². The third-order valence-electron chi connectivity index (χ3n) is 4.37. The molecule has 0 saturated carbocycles. The third kappa shape index (κ3) is 4.53. The number of aromatic amines is 1. The summed E-state index contributed by atoms with van der Waals surface area (Å²) in [6.07, 6.45) is 7.11. The highest BCUT2D eigenvalue weighted by molar-refractivity contribution is 7.80. The van der Waals surface area contributed by atoms with E-state index in [9.17, 15) is 4.79 Å². The number of H-pyrrole nitrogens is 1. The summed E-state index contributed by atoms with van der Waals surface area (Å²) in [5, 5.41) is 4.00. The first-order valence-electron chi connectivity index (χ1n) is 8.68. The predicted octanol–water partition coefficient (Wildman–Crippen LogP) is 3.40. The van der Waals surface area contributed by atoms with Gasteiger partial charge in [0, 0.05) is 23.5 Å². The topological polar surface area (TPSA) is 83.8 Å². The lowest BCUT2D eigenvalue weighted by molar-refractivity contribution is -0.114. The van der Waals surface area contributed by atoms with Crippen molar-refractivity contribution in [3.8, 4) is 0 Å². The molecule has 0 spiro atoms. The van der Waals surface area contributed by atoms with Crippen LogP contribution in [0.4, 0.5) is 5.69 Å². The summed E-state index contributed by atoms with van der Waals surface area (Å²) in [6, 6.07) is 11.9. The number of carbonyl (C=O) groups excluding carboxylic acids is 1. The van der Waals surface area contributed by atoms with Crippen LogP contribution in [-0.4, -0.2) is 27.3 Å². The fourth-order valence-electron chi connectivity index (χ4n) is 2.97. The monoisotopic (exact) mass is 366 g/mol. The Bertz CT molecular complexity index is 919. The number of aryl methyl sites for hydroxylation is 2. The number of amides is 1. The SMILES string of the molecule is NCC(=O)Nc1ccccc1CCC(=S)CCc1ccnc2[nH]ccc12. The van der Waals surface area contributed by atoms with Crippen LogP contribution in [0, 0.1) is 0 Å². The average Bonchev–Trinajstić information content (AvgIpc) is 3.15. The maximum atomic E-state index is 11.5. The standard InChI is InChI=1S/C20H22N4OS/c21-13-19(25)24-18-4-2-1-3-15(18)6-8-16(26)7-5-14-9-11-22-20-17(14)10-12-23-20/h1-4,9-12H,5-8,13,21H2,(H,22,23)(H,24,25). The second kappa shape index (κ2) is 8.69. The van der Waals surface area contributed by atoms with Crippen molar-refractivity contribution in [2.75, 3.05) is 11.9 Å². The van der Waals surface area contributed by atoms with Crippen LogP contribution >= 0.6 is 12.2 Å². The van der Waals surface area contributed by atoms with Crippen LogP contribution in [0.3, 0.4) is 0 Å². The zero-order valence-electron chi connectivity index (χ0n) is 14.5. The maximum Gasteiger partial charge on any atom is 0.238 e. The lowest BCUT2D eigenvalue weighted by Crippen LogP contribution is -2.22. The molecule has 0 radical (unpaired) electrons. The molecule has 0 atom stereocenters. The highest BCUT2D eigenvalue weighted by Crippen LogP contribution is 2.20. The van der Waals surface area contributed by atoms with Gasteiger partial charge >= 0.3 is 0 Å². The lowest BCUT2D eigenvalue weighted by Gasteiger charge is -2.11. The van der Waals surface area contributed by atoms with E-state index in [1.807, 2.05) is 36.7 Å². The molecule has 4 N–H and O–H groups in total. The number of aromatic nitrogens is 2. The van der Waals surface area contributed by atoms with Crippen LogP contribution in [0.5, 0.6) is 0 Å². The molecule has 1 amide bonds. The minimum absolute atomic E-state index is 0.0215. The summed E-state index contributed by atoms with van der Waals surface area (Å²) in [5.74, 6) is -0.187. The lowest BCUT2D eigenvalue weighted by atomic mass is 10.0. The van der Waals surface area contributed by atoms with Gasteiger partial charge in [-0.05, 0) is 59.9 Å². The van der Waals surface area contributed by atoms with E-state index in [1.54, 1.807) is 0 Å². The van der Waals surface area contributed by atoms with Crippen LogP contribution in [0.15, 0.2) is 48.8 Å². The van der Waals surface area contributed by atoms with Crippen LogP contribution in [0.25, 0.3) is 11.0 Å². The molecular weight excluding hydrogens is 344 g/mol. The fraction of sp³-hybridized carbons (Fsp3) is 0.250. The number of thiocarbonyl (C=S) groups is 1. The first kappa shape index (κ1) is 18.2. The van der Waals surface area contributed by atoms with Crippen molar-refractivity contribution < 1.29 is 4.79 Å². The van der Waals surface area contributed by atoms with Crippen LogP contribution in [0.2, 0.25) is 0 Å². The largest absolute Gasteiger partial charge is 0.346 e. The molecule has 0 aliphatic rings. The first-order chi connectivity index (χ1) is 12.7. The van der Waals surface area contributed by atoms with Crippen molar-refractivity contribution in [2.45, 2.75) is 25.7 Å². The molecule has 0 unspecified atom stereocenters. The van der Waals surface area contributed by atoms with E-state index in [-0.39, 0.29) is 12.5 Å². The van der Waals surface area contributed by atoms with Crippen LogP contribution < -0.4 is 11.1 Å². The second-order valence-electron chi connectivity index (χ2n) is 6.16. The number of carbonyl (C=O) groups is 1. The number of anilines is 1. The number of rotatable bonds is 8. The van der Waals surface area contributed by atoms with Crippen molar-refractivity contribution in [1.82, 2.24) is 9.97 Å². The molecule has 1 aromatic carbocycles. The zero-order valence-corrected chi connectivity index (χ0v) is 15.3. The van der Waals surface area contributed by atoms with Gasteiger partial charge in [-0.15, -0.1) is 0 Å². The summed E-state index contributed by atoms with van der Waals surface area (Å²) >= 11 is 5.58. The van der Waals surface area contributed by atoms with Crippen LogP contribution in [0.1, 0.15) is 24.0 Å². The molecule has 2 aromatic heterocycles. The van der Waals surface area contributed by atoms with Gasteiger partial charge in [-0.2, -0.15) is 0 Å². The molecular formula is C20H22N4OS. The normalized spacial score (nSPS) is 10.8. The molecule has 0 aliphatic heterocycles. The van der Waals surface area contributed by atoms with E-state index in [0.29, 0.717) is 0 Å². The molecule has 6 heteroatoms. The summed E-state index contributed by atoms with van der Waals surface area (Å²) in [7, 11) is 0. The summed E-state index contributed by atoms with van der Waals surface area (Å²) in [5.41, 5.74) is 9.44. The highest BCUT2D eigenvalue weighted by Gasteiger charge is 2.08. The highest BCUT2D eigenvalue weighted by atomic mass is 32.1. The van der Waals surface area contributed by atoms with E-state index < -0.39 is 0 Å². The first-order valence-corrected chi connectivity index (χ1v) is 9.08. The molecule has 3 rings (SSSR count). The number of benzene rings is 1. The van der Waals surface area contributed by atoms with E-state index in [4.69, 9.17) is 18.0 Å². The minimum atomic E-state index is -0.187. The van der Waals surface area contributed by atoms with Gasteiger partial charge in [0.15, 0.2) is 0 Å². The Hall–Kier alpha value is -2.57. The van der Waals surface area contributed by atoms with Gasteiger partial charge in [-0.1, -0.05) is 30.4 Å². The van der Waals surface area contributed by atoms with Gasteiger partial charge in [-0.25, -0.2) is 4.98 Å². The number of hydrogen-bond donors (Lipinski definition) is 3. The number of pyridine rings is 1. The Morgan fingerprint density at radius 3 is 2.69 bits per heavy atom. The number of nitrogens with one attached hydrogen (secondary N) is 2. The van der Waals surface area contributed by atoms with Crippen molar-refractivity contribution >= 4 is 39.7 Å². The third-order valence-corrected chi connectivity index (χ3v) is 4.78. The van der Waals surface area contributed by atoms with E-state index in [0.717, 1.165) is 52.8 Å². The Morgan fingerprint density at radius 1 is 1.12 bits per heavy atom. The molecule has 3 aromatic rings. The Balaban J connectivity index is 1.56. The molecule has 0 aliphatic carbocycles. The minimum Gasteiger partial charge on any atom is -0.346 e. The predicted molar refractivity (Wildman–Crippen MR) is 109 cm³/mol. The summed E-state index contributed by atoms with van der Waals surface area (Å²) < 4.78 is 0. The molecule has 26 heavy (non-hydrogen) atoms. The quantitative estimate of drug-likeness (QED) is 0.534.